The number of carbonyl (C=O) groups is 1. The molecule has 27 heavy (non-hydrogen) atoms. The first-order valence-corrected chi connectivity index (χ1v) is 8.75. The Hall–Kier alpha value is -2.70. The second kappa shape index (κ2) is 7.13. The summed E-state index contributed by atoms with van der Waals surface area (Å²) >= 11 is 0. The van der Waals surface area contributed by atoms with Crippen molar-refractivity contribution in [2.75, 3.05) is 36.8 Å². The molecule has 144 valence electrons. The summed E-state index contributed by atoms with van der Waals surface area (Å²) in [6.45, 7) is 5.95. The summed E-state index contributed by atoms with van der Waals surface area (Å²) in [4.78, 5) is 16.3. The van der Waals surface area contributed by atoms with Crippen LogP contribution in [0.4, 0.5) is 24.5 Å². The summed E-state index contributed by atoms with van der Waals surface area (Å²) < 4.78 is 39.8. The largest absolute Gasteiger partial charge is 0.417 e. The van der Waals surface area contributed by atoms with Crippen molar-refractivity contribution in [1.82, 2.24) is 4.90 Å². The van der Waals surface area contributed by atoms with Crippen LogP contribution in [0.3, 0.4) is 0 Å². The van der Waals surface area contributed by atoms with Crippen molar-refractivity contribution >= 4 is 17.3 Å². The fourth-order valence-electron chi connectivity index (χ4n) is 3.46. The van der Waals surface area contributed by atoms with Crippen LogP contribution in [0.5, 0.6) is 0 Å². The van der Waals surface area contributed by atoms with E-state index in [-0.39, 0.29) is 11.3 Å². The highest BCUT2D eigenvalue weighted by Crippen LogP contribution is 2.34. The Bertz CT molecular complexity index is 856. The molecule has 1 saturated heterocycles. The van der Waals surface area contributed by atoms with Gasteiger partial charge in [-0.25, -0.2) is 0 Å². The standard InChI is InChI=1S/C20H22F3N3O/c1-13-3-6-18(14(2)11-13)25-7-9-26(10-8-25)19(27)16-5-4-15(24)12-17(16)20(21,22)23/h3-6,11-12H,7-10,24H2,1-2H3. The van der Waals surface area contributed by atoms with Gasteiger partial charge in [-0.1, -0.05) is 17.7 Å². The number of anilines is 2. The summed E-state index contributed by atoms with van der Waals surface area (Å²) in [6.07, 6.45) is -4.62. The molecular weight excluding hydrogens is 355 g/mol. The fraction of sp³-hybridized carbons (Fsp3) is 0.350. The average Bonchev–Trinajstić information content (AvgIpc) is 2.60. The topological polar surface area (TPSA) is 49.6 Å². The number of halogens is 3. The van der Waals surface area contributed by atoms with Gasteiger partial charge in [0.05, 0.1) is 11.1 Å². The SMILES string of the molecule is Cc1ccc(N2CCN(C(=O)c3ccc(N)cc3C(F)(F)F)CC2)c(C)c1. The number of amides is 1. The minimum atomic E-state index is -4.62. The molecule has 7 heteroatoms. The van der Waals surface area contributed by atoms with Crippen LogP contribution in [0.25, 0.3) is 0 Å². The van der Waals surface area contributed by atoms with Crippen LogP contribution in [0.2, 0.25) is 0 Å². The summed E-state index contributed by atoms with van der Waals surface area (Å²) in [5.74, 6) is -0.609. The Balaban J connectivity index is 1.76. The number of nitrogens with two attached hydrogens (primary N) is 1. The van der Waals surface area contributed by atoms with Gasteiger partial charge in [0.15, 0.2) is 0 Å². The van der Waals surface area contributed by atoms with Crippen molar-refractivity contribution in [3.63, 3.8) is 0 Å². The number of piperazine rings is 1. The lowest BCUT2D eigenvalue weighted by atomic mass is 10.0. The van der Waals surface area contributed by atoms with E-state index in [2.05, 4.69) is 11.0 Å². The molecule has 0 radical (unpaired) electrons. The Morgan fingerprint density at radius 3 is 2.26 bits per heavy atom. The predicted molar refractivity (Wildman–Crippen MR) is 99.9 cm³/mol. The van der Waals surface area contributed by atoms with Crippen molar-refractivity contribution in [3.05, 3.63) is 58.7 Å². The minimum Gasteiger partial charge on any atom is -0.399 e. The zero-order valence-corrected chi connectivity index (χ0v) is 15.3. The van der Waals surface area contributed by atoms with Gasteiger partial charge < -0.3 is 15.5 Å². The molecule has 3 rings (SSSR count). The quantitative estimate of drug-likeness (QED) is 0.809. The third-order valence-corrected chi connectivity index (χ3v) is 4.84. The number of hydrogen-bond donors (Lipinski definition) is 1. The first-order chi connectivity index (χ1) is 12.7. The van der Waals surface area contributed by atoms with Gasteiger partial charge in [-0.05, 0) is 43.7 Å². The van der Waals surface area contributed by atoms with Crippen LogP contribution in [0.1, 0.15) is 27.0 Å². The highest BCUT2D eigenvalue weighted by atomic mass is 19.4. The van der Waals surface area contributed by atoms with Crippen molar-refractivity contribution in [2.45, 2.75) is 20.0 Å². The van der Waals surface area contributed by atoms with Gasteiger partial charge in [-0.15, -0.1) is 0 Å². The molecule has 0 aliphatic carbocycles. The zero-order chi connectivity index (χ0) is 19.8. The molecule has 0 atom stereocenters. The molecule has 0 unspecified atom stereocenters. The third-order valence-electron chi connectivity index (χ3n) is 4.84. The number of nitrogen functional groups attached to an aromatic ring is 1. The van der Waals surface area contributed by atoms with E-state index < -0.39 is 17.6 Å². The molecule has 1 aliphatic rings. The maximum absolute atomic E-state index is 13.3. The second-order valence-electron chi connectivity index (χ2n) is 6.87. The van der Waals surface area contributed by atoms with Crippen molar-refractivity contribution < 1.29 is 18.0 Å². The van der Waals surface area contributed by atoms with Gasteiger partial charge >= 0.3 is 6.18 Å². The van der Waals surface area contributed by atoms with Crippen LogP contribution in [-0.4, -0.2) is 37.0 Å². The Morgan fingerprint density at radius 2 is 1.67 bits per heavy atom. The van der Waals surface area contributed by atoms with E-state index in [1.807, 2.05) is 26.0 Å². The maximum Gasteiger partial charge on any atom is 0.417 e. The van der Waals surface area contributed by atoms with Crippen LogP contribution < -0.4 is 10.6 Å². The van der Waals surface area contributed by atoms with E-state index in [0.29, 0.717) is 26.2 Å². The van der Waals surface area contributed by atoms with Gasteiger partial charge in [-0.2, -0.15) is 13.2 Å². The van der Waals surface area contributed by atoms with E-state index in [4.69, 9.17) is 5.73 Å². The van der Waals surface area contributed by atoms with Crippen LogP contribution in [0.15, 0.2) is 36.4 Å². The Morgan fingerprint density at radius 1 is 1.00 bits per heavy atom. The lowest BCUT2D eigenvalue weighted by Crippen LogP contribution is -2.49. The van der Waals surface area contributed by atoms with E-state index in [9.17, 15) is 18.0 Å². The zero-order valence-electron chi connectivity index (χ0n) is 15.3. The molecule has 1 fully saturated rings. The van der Waals surface area contributed by atoms with Gasteiger partial charge in [0.1, 0.15) is 0 Å². The molecule has 0 saturated carbocycles. The number of aryl methyl sites for hydroxylation is 2. The highest BCUT2D eigenvalue weighted by Gasteiger charge is 2.37. The van der Waals surface area contributed by atoms with Crippen LogP contribution >= 0.6 is 0 Å². The summed E-state index contributed by atoms with van der Waals surface area (Å²) in [5.41, 5.74) is 7.54. The average molecular weight is 377 g/mol. The lowest BCUT2D eigenvalue weighted by molar-refractivity contribution is -0.138. The van der Waals surface area contributed by atoms with Crippen LogP contribution in [-0.2, 0) is 6.18 Å². The molecule has 2 N–H and O–H groups in total. The smallest absolute Gasteiger partial charge is 0.399 e. The minimum absolute atomic E-state index is 0.0152. The molecule has 0 spiro atoms. The fourth-order valence-corrected chi connectivity index (χ4v) is 3.46. The number of nitrogens with zero attached hydrogens (tertiary/aromatic N) is 2. The number of rotatable bonds is 2. The molecule has 2 aromatic rings. The number of hydrogen-bond acceptors (Lipinski definition) is 3. The third kappa shape index (κ3) is 4.02. The summed E-state index contributed by atoms with van der Waals surface area (Å²) in [5, 5.41) is 0. The van der Waals surface area contributed by atoms with E-state index in [0.717, 1.165) is 23.4 Å². The van der Waals surface area contributed by atoms with E-state index in [1.165, 1.54) is 16.5 Å². The number of alkyl halides is 3. The van der Waals surface area contributed by atoms with E-state index >= 15 is 0 Å². The molecule has 1 amide bonds. The predicted octanol–water partition coefficient (Wildman–Crippen LogP) is 3.87. The van der Waals surface area contributed by atoms with Gasteiger partial charge in [-0.3, -0.25) is 4.79 Å². The monoisotopic (exact) mass is 377 g/mol. The van der Waals surface area contributed by atoms with Gasteiger partial charge in [0.25, 0.3) is 5.91 Å². The molecule has 0 bridgehead atoms. The molecule has 1 aliphatic heterocycles. The van der Waals surface area contributed by atoms with Gasteiger partial charge in [0, 0.05) is 37.6 Å². The molecule has 1 heterocycles. The molecule has 0 aromatic heterocycles. The van der Waals surface area contributed by atoms with Crippen molar-refractivity contribution in [2.24, 2.45) is 0 Å². The number of benzene rings is 2. The van der Waals surface area contributed by atoms with Crippen LogP contribution in [0, 0.1) is 13.8 Å². The molecule has 4 nitrogen and oxygen atoms in total. The Labute approximate surface area is 156 Å². The molecular formula is C20H22F3N3O. The van der Waals surface area contributed by atoms with Crippen molar-refractivity contribution in [3.8, 4) is 0 Å². The highest BCUT2D eigenvalue weighted by molar-refractivity contribution is 5.96. The van der Waals surface area contributed by atoms with E-state index in [1.54, 1.807) is 0 Å². The first-order valence-electron chi connectivity index (χ1n) is 8.75. The van der Waals surface area contributed by atoms with Gasteiger partial charge in [0.2, 0.25) is 0 Å². The molecule has 2 aromatic carbocycles. The first kappa shape index (κ1) is 19.1. The second-order valence-corrected chi connectivity index (χ2v) is 6.87. The maximum atomic E-state index is 13.3. The summed E-state index contributed by atoms with van der Waals surface area (Å²) in [7, 11) is 0. The van der Waals surface area contributed by atoms with Crippen molar-refractivity contribution in [1.29, 1.82) is 0 Å². The number of carbonyl (C=O) groups excluding carboxylic acids is 1. The lowest BCUT2D eigenvalue weighted by Gasteiger charge is -2.37. The Kier molecular flexibility index (Phi) is 5.04. The normalized spacial score (nSPS) is 15.1. The summed E-state index contributed by atoms with van der Waals surface area (Å²) in [6, 6.07) is 9.48.